The van der Waals surface area contributed by atoms with Gasteiger partial charge in [-0.2, -0.15) is 0 Å². The number of carbonyl (C=O) groups is 4. The van der Waals surface area contributed by atoms with E-state index < -0.39 is 23.7 Å². The molecule has 240 valence electrons. The zero-order valence-corrected chi connectivity index (χ0v) is 28.4. The Morgan fingerprint density at radius 3 is 2.44 bits per heavy atom. The van der Waals surface area contributed by atoms with Crippen LogP contribution in [-0.2, 0) is 19.1 Å². The van der Waals surface area contributed by atoms with Crippen LogP contribution in [-0.4, -0.2) is 104 Å². The van der Waals surface area contributed by atoms with Crippen molar-refractivity contribution in [3.63, 3.8) is 0 Å². The molecule has 1 N–H and O–H groups in total. The molecule has 3 aromatic rings. The van der Waals surface area contributed by atoms with Gasteiger partial charge in [0.15, 0.2) is 17.5 Å². The van der Waals surface area contributed by atoms with E-state index in [4.69, 9.17) is 21.1 Å². The van der Waals surface area contributed by atoms with Gasteiger partial charge in [0.05, 0.1) is 30.4 Å². The van der Waals surface area contributed by atoms with Gasteiger partial charge >= 0.3 is 12.1 Å². The number of piperidine rings is 1. The van der Waals surface area contributed by atoms with Crippen molar-refractivity contribution in [3.8, 4) is 0 Å². The second kappa shape index (κ2) is 13.4. The Bertz CT molecular complexity index is 1620. The van der Waals surface area contributed by atoms with Gasteiger partial charge in [0.25, 0.3) is 5.91 Å². The van der Waals surface area contributed by atoms with E-state index in [0.717, 1.165) is 3.70 Å². The van der Waals surface area contributed by atoms with Gasteiger partial charge in [-0.3, -0.25) is 18.9 Å². The summed E-state index contributed by atoms with van der Waals surface area (Å²) in [5, 5.41) is 3.52. The summed E-state index contributed by atoms with van der Waals surface area (Å²) in [5.74, 6) is -0.683. The molecule has 5 rings (SSSR count). The number of hydrogen-bond acceptors (Lipinski definition) is 9. The lowest BCUT2D eigenvalue weighted by Crippen LogP contribution is -2.61. The summed E-state index contributed by atoms with van der Waals surface area (Å²) >= 11 is 8.76. The van der Waals surface area contributed by atoms with Gasteiger partial charge in [-0.05, 0) is 74.4 Å². The predicted octanol–water partition coefficient (Wildman–Crippen LogP) is 4.20. The number of anilines is 2. The number of nitrogens with zero attached hydrogens (tertiary/aromatic N) is 6. The molecule has 1 aromatic carbocycles. The molecule has 2 saturated heterocycles. The summed E-state index contributed by atoms with van der Waals surface area (Å²) in [4.78, 5) is 65.6. The molecule has 0 radical (unpaired) electrons. The van der Waals surface area contributed by atoms with Crippen molar-refractivity contribution in [1.82, 2.24) is 29.1 Å². The van der Waals surface area contributed by atoms with Crippen molar-refractivity contribution < 1.29 is 28.7 Å². The van der Waals surface area contributed by atoms with E-state index >= 15 is 0 Å². The third-order valence-electron chi connectivity index (χ3n) is 7.77. The van der Waals surface area contributed by atoms with Crippen LogP contribution in [0.5, 0.6) is 0 Å². The predicted molar refractivity (Wildman–Crippen MR) is 174 cm³/mol. The fraction of sp³-hybridized carbons (Fsp3) is 0.467. The minimum absolute atomic E-state index is 0.0176. The Labute approximate surface area is 279 Å². The first-order valence-corrected chi connectivity index (χ1v) is 16.0. The maximum Gasteiger partial charge on any atom is 0.411 e. The standard InChI is InChI=1S/C30H35ClIN7O6/c1-30(2,3)45-29(43)38-14-13-37(17-22(38)28(42)44-4)26(40)18-7-10-36(11-8-18)27(41)20-6-5-19(15-21(20)31)35-24-25-34-16-23(32)39(25)12-9-33-24/h5-6,9,12,15-16,18,22H,7-8,10-11,13-14,17H2,1-4H3,(H,33,35)/t22-/m0/s1. The number of carbonyl (C=O) groups excluding carboxylic acids is 4. The maximum absolute atomic E-state index is 13.5. The number of piperazine rings is 1. The summed E-state index contributed by atoms with van der Waals surface area (Å²) in [7, 11) is 1.25. The van der Waals surface area contributed by atoms with Gasteiger partial charge in [0.1, 0.15) is 9.30 Å². The molecule has 0 aliphatic carbocycles. The number of imidazole rings is 1. The molecule has 4 heterocycles. The first kappa shape index (κ1) is 32.7. The number of amides is 3. The first-order chi connectivity index (χ1) is 21.4. The number of rotatable bonds is 5. The summed E-state index contributed by atoms with van der Waals surface area (Å²) in [6.45, 7) is 6.44. The van der Waals surface area contributed by atoms with Crippen LogP contribution in [0.3, 0.4) is 0 Å². The third kappa shape index (κ3) is 7.27. The quantitative estimate of drug-likeness (QED) is 0.300. The number of fused-ring (bicyclic) bond motifs is 1. The van der Waals surface area contributed by atoms with E-state index in [-0.39, 0.29) is 37.4 Å². The fourth-order valence-electron chi connectivity index (χ4n) is 5.50. The SMILES string of the molecule is COC(=O)[C@@H]1CN(C(=O)C2CCN(C(=O)c3ccc(Nc4nccn5c(I)cnc45)cc3Cl)CC2)CCN1C(=O)OC(C)(C)C. The molecule has 2 aromatic heterocycles. The molecule has 2 aliphatic rings. The molecule has 13 nitrogen and oxygen atoms in total. The molecule has 3 amide bonds. The number of benzene rings is 1. The van der Waals surface area contributed by atoms with Gasteiger partial charge in [-0.15, -0.1) is 0 Å². The van der Waals surface area contributed by atoms with Crippen LogP contribution >= 0.6 is 34.2 Å². The zero-order valence-electron chi connectivity index (χ0n) is 25.5. The van der Waals surface area contributed by atoms with Gasteiger partial charge in [0, 0.05) is 50.2 Å². The lowest BCUT2D eigenvalue weighted by molar-refractivity contribution is -0.152. The molecule has 2 fully saturated rings. The molecular formula is C30H35ClIN7O6. The summed E-state index contributed by atoms with van der Waals surface area (Å²) < 4.78 is 13.2. The number of likely N-dealkylation sites (tertiary alicyclic amines) is 1. The van der Waals surface area contributed by atoms with Gasteiger partial charge in [-0.1, -0.05) is 11.6 Å². The van der Waals surface area contributed by atoms with Crippen molar-refractivity contribution in [2.24, 2.45) is 5.92 Å². The van der Waals surface area contributed by atoms with Crippen LogP contribution < -0.4 is 5.32 Å². The van der Waals surface area contributed by atoms with Gasteiger partial charge in [-0.25, -0.2) is 19.6 Å². The molecule has 0 spiro atoms. The van der Waals surface area contributed by atoms with Crippen LogP contribution in [0.15, 0.2) is 36.8 Å². The van der Waals surface area contributed by atoms with Gasteiger partial charge in [0.2, 0.25) is 5.91 Å². The van der Waals surface area contributed by atoms with Crippen molar-refractivity contribution in [2.75, 3.05) is 45.2 Å². The minimum Gasteiger partial charge on any atom is -0.467 e. The summed E-state index contributed by atoms with van der Waals surface area (Å²) in [6.07, 6.45) is 5.56. The third-order valence-corrected chi connectivity index (χ3v) is 8.88. The largest absolute Gasteiger partial charge is 0.467 e. The number of ether oxygens (including phenoxy) is 2. The Kier molecular flexibility index (Phi) is 9.72. The Hall–Kier alpha value is -3.66. The number of methoxy groups -OCH3 is 1. The molecule has 2 aliphatic heterocycles. The van der Waals surface area contributed by atoms with Crippen molar-refractivity contribution >= 4 is 75.2 Å². The Balaban J connectivity index is 1.18. The smallest absolute Gasteiger partial charge is 0.411 e. The normalized spacial score (nSPS) is 17.7. The number of halogens is 2. The number of nitrogens with one attached hydrogen (secondary N) is 1. The molecule has 0 unspecified atom stereocenters. The lowest BCUT2D eigenvalue weighted by atomic mass is 9.94. The second-order valence-corrected chi connectivity index (χ2v) is 13.4. The molecule has 15 heteroatoms. The van der Waals surface area contributed by atoms with E-state index in [2.05, 4.69) is 37.9 Å². The molecule has 45 heavy (non-hydrogen) atoms. The van der Waals surface area contributed by atoms with E-state index in [1.165, 1.54) is 12.0 Å². The Morgan fingerprint density at radius 2 is 1.78 bits per heavy atom. The summed E-state index contributed by atoms with van der Waals surface area (Å²) in [6, 6.07) is 4.16. The number of esters is 1. The highest BCUT2D eigenvalue weighted by atomic mass is 127. The zero-order chi connectivity index (χ0) is 32.5. The van der Waals surface area contributed by atoms with Gasteiger partial charge < -0.3 is 24.6 Å². The molecule has 0 bridgehead atoms. The van der Waals surface area contributed by atoms with Crippen LogP contribution in [0.1, 0.15) is 44.0 Å². The first-order valence-electron chi connectivity index (χ1n) is 14.6. The van der Waals surface area contributed by atoms with Crippen LogP contribution in [0.4, 0.5) is 16.3 Å². The highest BCUT2D eigenvalue weighted by molar-refractivity contribution is 14.1. The highest BCUT2D eigenvalue weighted by Crippen LogP contribution is 2.29. The second-order valence-electron chi connectivity index (χ2n) is 11.9. The van der Waals surface area contributed by atoms with Crippen LogP contribution in [0.25, 0.3) is 5.65 Å². The van der Waals surface area contributed by atoms with Crippen molar-refractivity contribution in [2.45, 2.75) is 45.3 Å². The average molecular weight is 752 g/mol. The van der Waals surface area contributed by atoms with Crippen molar-refractivity contribution in [1.29, 1.82) is 0 Å². The maximum atomic E-state index is 13.5. The van der Waals surface area contributed by atoms with Crippen molar-refractivity contribution in [3.05, 3.63) is 51.1 Å². The van der Waals surface area contributed by atoms with E-state index in [9.17, 15) is 19.2 Å². The van der Waals surface area contributed by atoms with Crippen LogP contribution in [0, 0.1) is 9.62 Å². The summed E-state index contributed by atoms with van der Waals surface area (Å²) in [5.41, 5.74) is 0.969. The minimum atomic E-state index is -0.962. The van der Waals surface area contributed by atoms with E-state index in [1.54, 1.807) is 61.2 Å². The van der Waals surface area contributed by atoms with Crippen LogP contribution in [0.2, 0.25) is 5.02 Å². The van der Waals surface area contributed by atoms with E-state index in [0.29, 0.717) is 53.7 Å². The number of aromatic nitrogens is 3. The molecule has 1 atom stereocenters. The highest BCUT2D eigenvalue weighted by Gasteiger charge is 2.41. The number of hydrogen-bond donors (Lipinski definition) is 1. The molecular weight excluding hydrogens is 717 g/mol. The monoisotopic (exact) mass is 751 g/mol. The fourth-order valence-corrected chi connectivity index (χ4v) is 6.29. The lowest BCUT2D eigenvalue weighted by Gasteiger charge is -2.42. The molecule has 0 saturated carbocycles. The topological polar surface area (TPSA) is 139 Å². The average Bonchev–Trinajstić information content (AvgIpc) is 3.40. The van der Waals surface area contributed by atoms with E-state index in [1.807, 2.05) is 10.6 Å². The Morgan fingerprint density at radius 1 is 1.04 bits per heavy atom.